The lowest BCUT2D eigenvalue weighted by Crippen LogP contribution is -2.16. The van der Waals surface area contributed by atoms with E-state index in [4.69, 9.17) is 5.73 Å². The van der Waals surface area contributed by atoms with Crippen molar-refractivity contribution in [1.82, 2.24) is 25.0 Å². The molecule has 86 valence electrons. The van der Waals surface area contributed by atoms with Crippen LogP contribution in [0.1, 0.15) is 0 Å². The fourth-order valence-corrected chi connectivity index (χ4v) is 2.12. The molecule has 4 N–H and O–H groups in total. The Morgan fingerprint density at radius 2 is 2.31 bits per heavy atom. The highest BCUT2D eigenvalue weighted by Gasteiger charge is 2.21. The maximum absolute atomic E-state index is 11.8. The zero-order valence-electron chi connectivity index (χ0n) is 8.25. The molecule has 2 heterocycles. The van der Waals surface area contributed by atoms with Crippen LogP contribution in [0.15, 0.2) is 17.4 Å². The van der Waals surface area contributed by atoms with E-state index in [-0.39, 0.29) is 16.7 Å². The third-order valence-electron chi connectivity index (χ3n) is 1.86. The summed E-state index contributed by atoms with van der Waals surface area (Å²) in [6, 6.07) is 0. The van der Waals surface area contributed by atoms with E-state index in [1.807, 2.05) is 0 Å². The average molecular weight is 243 g/mol. The van der Waals surface area contributed by atoms with Crippen molar-refractivity contribution in [3.63, 3.8) is 0 Å². The zero-order valence-corrected chi connectivity index (χ0v) is 9.06. The van der Waals surface area contributed by atoms with Gasteiger partial charge in [-0.15, -0.1) is 0 Å². The number of nitrogens with zero attached hydrogens (tertiary/aromatic N) is 4. The van der Waals surface area contributed by atoms with Gasteiger partial charge in [0.2, 0.25) is 5.95 Å². The normalized spacial score (nSPS) is 11.6. The molecule has 2 aromatic rings. The van der Waals surface area contributed by atoms with Crippen LogP contribution in [-0.2, 0) is 17.1 Å². The lowest BCUT2D eigenvalue weighted by Gasteiger charge is -2.04. The number of aromatic amines is 1. The predicted octanol–water partition coefficient (Wildman–Crippen LogP) is -1.08. The summed E-state index contributed by atoms with van der Waals surface area (Å²) in [5.41, 5.74) is 5.41. The second kappa shape index (κ2) is 3.48. The minimum Gasteiger partial charge on any atom is -0.383 e. The number of aromatic nitrogens is 5. The molecule has 0 unspecified atom stereocenters. The molecule has 0 amide bonds. The molecular formula is C6H9N7O2S. The standard InChI is InChI=1S/C6H9N7O2S/c1-13-6(8-3-10-13)12-16(14,15)4-2-9-11-5(4)7/h2-3H,1H3,(H3,7,9,11)(H,8,10,12). The van der Waals surface area contributed by atoms with Crippen molar-refractivity contribution < 1.29 is 8.42 Å². The first-order chi connectivity index (χ1) is 7.50. The van der Waals surface area contributed by atoms with Gasteiger partial charge in [0.15, 0.2) is 0 Å². The molecule has 0 aliphatic carbocycles. The van der Waals surface area contributed by atoms with Crippen molar-refractivity contribution in [3.05, 3.63) is 12.5 Å². The molecule has 0 radical (unpaired) electrons. The SMILES string of the molecule is Cn1ncnc1NS(=O)(=O)c1cn[nH]c1N. The Balaban J connectivity index is 2.36. The molecular weight excluding hydrogens is 234 g/mol. The summed E-state index contributed by atoms with van der Waals surface area (Å²) < 4.78 is 27.1. The highest BCUT2D eigenvalue weighted by molar-refractivity contribution is 7.92. The Morgan fingerprint density at radius 1 is 1.56 bits per heavy atom. The van der Waals surface area contributed by atoms with E-state index in [0.29, 0.717) is 0 Å². The summed E-state index contributed by atoms with van der Waals surface area (Å²) in [5.74, 6) is 0.0651. The summed E-state index contributed by atoms with van der Waals surface area (Å²) in [5, 5.41) is 9.59. The summed E-state index contributed by atoms with van der Waals surface area (Å²) in [6.45, 7) is 0. The van der Waals surface area contributed by atoms with Gasteiger partial charge in [-0.25, -0.2) is 17.8 Å². The Hall–Kier alpha value is -2.10. The number of aryl methyl sites for hydroxylation is 1. The van der Waals surface area contributed by atoms with Crippen molar-refractivity contribution in [2.75, 3.05) is 10.5 Å². The maximum Gasteiger partial charge on any atom is 0.269 e. The van der Waals surface area contributed by atoms with E-state index in [2.05, 4.69) is 25.0 Å². The van der Waals surface area contributed by atoms with E-state index in [1.54, 1.807) is 7.05 Å². The lowest BCUT2D eigenvalue weighted by atomic mass is 10.7. The molecule has 0 saturated heterocycles. The molecule has 0 aromatic carbocycles. The van der Waals surface area contributed by atoms with Crippen LogP contribution in [0.5, 0.6) is 0 Å². The van der Waals surface area contributed by atoms with Crippen LogP contribution >= 0.6 is 0 Å². The maximum atomic E-state index is 11.8. The topological polar surface area (TPSA) is 132 Å². The highest BCUT2D eigenvalue weighted by atomic mass is 32.2. The fourth-order valence-electron chi connectivity index (χ4n) is 1.06. The smallest absolute Gasteiger partial charge is 0.269 e. The first kappa shape index (κ1) is 10.4. The minimum atomic E-state index is -3.79. The lowest BCUT2D eigenvalue weighted by molar-refractivity contribution is 0.600. The van der Waals surface area contributed by atoms with Gasteiger partial charge in [0.25, 0.3) is 10.0 Å². The Kier molecular flexibility index (Phi) is 2.27. The van der Waals surface area contributed by atoms with E-state index >= 15 is 0 Å². The number of nitrogen functional groups attached to an aromatic ring is 1. The molecule has 0 bridgehead atoms. The first-order valence-corrected chi connectivity index (χ1v) is 5.64. The number of anilines is 2. The van der Waals surface area contributed by atoms with Gasteiger partial charge in [-0.3, -0.25) is 5.10 Å². The Labute approximate surface area is 90.7 Å². The molecule has 0 spiro atoms. The van der Waals surface area contributed by atoms with Gasteiger partial charge < -0.3 is 5.73 Å². The van der Waals surface area contributed by atoms with Gasteiger partial charge in [0.05, 0.1) is 6.20 Å². The van der Waals surface area contributed by atoms with Gasteiger partial charge in [-0.05, 0) is 0 Å². The van der Waals surface area contributed by atoms with E-state index in [1.165, 1.54) is 11.0 Å². The van der Waals surface area contributed by atoms with Crippen LogP contribution in [0.4, 0.5) is 11.8 Å². The van der Waals surface area contributed by atoms with Crippen molar-refractivity contribution >= 4 is 21.8 Å². The van der Waals surface area contributed by atoms with E-state index in [9.17, 15) is 8.42 Å². The van der Waals surface area contributed by atoms with Crippen LogP contribution in [0.2, 0.25) is 0 Å². The molecule has 0 atom stereocenters. The number of nitrogens with two attached hydrogens (primary N) is 1. The van der Waals surface area contributed by atoms with Gasteiger partial charge in [0.1, 0.15) is 17.0 Å². The zero-order chi connectivity index (χ0) is 11.8. The number of hydrogen-bond donors (Lipinski definition) is 3. The molecule has 2 rings (SSSR count). The quantitative estimate of drug-likeness (QED) is 0.628. The predicted molar refractivity (Wildman–Crippen MR) is 54.8 cm³/mol. The number of sulfonamides is 1. The minimum absolute atomic E-state index is 0.0327. The number of nitrogens with one attached hydrogen (secondary N) is 2. The van der Waals surface area contributed by atoms with Crippen LogP contribution in [0.25, 0.3) is 0 Å². The van der Waals surface area contributed by atoms with Crippen LogP contribution < -0.4 is 10.5 Å². The van der Waals surface area contributed by atoms with Gasteiger partial charge >= 0.3 is 0 Å². The fraction of sp³-hybridized carbons (Fsp3) is 0.167. The summed E-state index contributed by atoms with van der Waals surface area (Å²) in [7, 11) is -2.23. The second-order valence-electron chi connectivity index (χ2n) is 2.96. The summed E-state index contributed by atoms with van der Waals surface area (Å²) in [4.78, 5) is 3.60. The van der Waals surface area contributed by atoms with Crippen LogP contribution in [0.3, 0.4) is 0 Å². The average Bonchev–Trinajstić information content (AvgIpc) is 2.76. The van der Waals surface area contributed by atoms with Crippen molar-refractivity contribution in [2.45, 2.75) is 4.90 Å². The molecule has 0 aliphatic heterocycles. The molecule has 10 heteroatoms. The third kappa shape index (κ3) is 1.69. The van der Waals surface area contributed by atoms with Crippen molar-refractivity contribution in [2.24, 2.45) is 7.05 Å². The Morgan fingerprint density at radius 3 is 2.81 bits per heavy atom. The van der Waals surface area contributed by atoms with Gasteiger partial charge in [-0.2, -0.15) is 15.2 Å². The van der Waals surface area contributed by atoms with Crippen molar-refractivity contribution in [3.8, 4) is 0 Å². The van der Waals surface area contributed by atoms with Gasteiger partial charge in [-0.1, -0.05) is 0 Å². The molecule has 0 saturated carbocycles. The number of rotatable bonds is 3. The summed E-state index contributed by atoms with van der Waals surface area (Å²) >= 11 is 0. The molecule has 2 aromatic heterocycles. The molecule has 16 heavy (non-hydrogen) atoms. The number of hydrogen-bond acceptors (Lipinski definition) is 6. The molecule has 9 nitrogen and oxygen atoms in total. The largest absolute Gasteiger partial charge is 0.383 e. The summed E-state index contributed by atoms with van der Waals surface area (Å²) in [6.07, 6.45) is 2.35. The highest BCUT2D eigenvalue weighted by Crippen LogP contribution is 2.16. The first-order valence-electron chi connectivity index (χ1n) is 4.16. The molecule has 0 fully saturated rings. The van der Waals surface area contributed by atoms with Crippen LogP contribution in [-0.4, -0.2) is 33.4 Å². The number of H-pyrrole nitrogens is 1. The van der Waals surface area contributed by atoms with Gasteiger partial charge in [0, 0.05) is 7.05 Å². The van der Waals surface area contributed by atoms with E-state index < -0.39 is 10.0 Å². The second-order valence-corrected chi connectivity index (χ2v) is 4.61. The monoisotopic (exact) mass is 243 g/mol. The third-order valence-corrected chi connectivity index (χ3v) is 3.21. The Bertz CT molecular complexity index is 598. The van der Waals surface area contributed by atoms with Crippen LogP contribution in [0, 0.1) is 0 Å². The van der Waals surface area contributed by atoms with E-state index in [0.717, 1.165) is 6.20 Å². The molecule has 0 aliphatic rings. The van der Waals surface area contributed by atoms with Crippen molar-refractivity contribution in [1.29, 1.82) is 0 Å².